The Morgan fingerprint density at radius 1 is 1.19 bits per heavy atom. The fraction of sp³-hybridized carbons (Fsp3) is 0.294. The molecule has 0 atom stereocenters. The lowest BCUT2D eigenvalue weighted by atomic mass is 10.2. The highest BCUT2D eigenvalue weighted by molar-refractivity contribution is 7.13. The predicted molar refractivity (Wildman–Crippen MR) is 96.6 cm³/mol. The number of rotatable bonds is 3. The zero-order valence-corrected chi connectivity index (χ0v) is 15.2. The summed E-state index contributed by atoms with van der Waals surface area (Å²) in [5, 5.41) is 11.3. The molecule has 0 saturated carbocycles. The summed E-state index contributed by atoms with van der Waals surface area (Å²) in [5.41, 5.74) is 0.468. The van der Waals surface area contributed by atoms with Gasteiger partial charge in [0, 0.05) is 38.1 Å². The predicted octanol–water partition coefficient (Wildman–Crippen LogP) is 2.26. The number of thiazole rings is 1. The van der Waals surface area contributed by atoms with E-state index in [-0.39, 0.29) is 11.7 Å². The van der Waals surface area contributed by atoms with Crippen LogP contribution in [0, 0.1) is 5.82 Å². The fourth-order valence-corrected chi connectivity index (χ4v) is 3.72. The Bertz CT molecular complexity index is 949. The second kappa shape index (κ2) is 6.49. The van der Waals surface area contributed by atoms with Crippen LogP contribution in [-0.2, 0) is 13.1 Å². The molecule has 3 aromatic rings. The maximum Gasteiger partial charge on any atom is 0.254 e. The molecule has 0 radical (unpaired) electrons. The van der Waals surface area contributed by atoms with Crippen molar-refractivity contribution in [1.29, 1.82) is 0 Å². The summed E-state index contributed by atoms with van der Waals surface area (Å²) in [6.45, 7) is 1.51. The van der Waals surface area contributed by atoms with E-state index in [1.54, 1.807) is 4.90 Å². The third-order valence-electron chi connectivity index (χ3n) is 4.27. The van der Waals surface area contributed by atoms with Gasteiger partial charge in [0.1, 0.15) is 11.6 Å². The Labute approximate surface area is 153 Å². The topological polar surface area (TPSA) is 67.2 Å². The molecule has 7 nitrogen and oxygen atoms in total. The summed E-state index contributed by atoms with van der Waals surface area (Å²) < 4.78 is 15.1. The summed E-state index contributed by atoms with van der Waals surface area (Å²) in [7, 11) is 3.88. The number of aromatic nitrogens is 4. The molecule has 0 unspecified atom stereocenters. The number of amides is 1. The van der Waals surface area contributed by atoms with Crippen molar-refractivity contribution in [2.75, 3.05) is 25.5 Å². The first-order valence-electron chi connectivity index (χ1n) is 8.13. The number of benzene rings is 1. The first-order valence-corrected chi connectivity index (χ1v) is 9.01. The Balaban J connectivity index is 1.56. The molecule has 0 saturated heterocycles. The summed E-state index contributed by atoms with van der Waals surface area (Å²) in [6, 6.07) is 5.59. The Morgan fingerprint density at radius 3 is 2.65 bits per heavy atom. The fourth-order valence-electron chi connectivity index (χ4n) is 2.84. The van der Waals surface area contributed by atoms with E-state index in [2.05, 4.69) is 15.2 Å². The van der Waals surface area contributed by atoms with Crippen molar-refractivity contribution in [3.05, 3.63) is 46.9 Å². The Hall–Kier alpha value is -2.81. The lowest BCUT2D eigenvalue weighted by Gasteiger charge is -2.27. The van der Waals surface area contributed by atoms with Gasteiger partial charge in [-0.25, -0.2) is 9.37 Å². The molecule has 0 spiro atoms. The monoisotopic (exact) mass is 372 g/mol. The highest BCUT2D eigenvalue weighted by atomic mass is 32.1. The highest BCUT2D eigenvalue weighted by Gasteiger charge is 2.26. The largest absolute Gasteiger partial charge is 0.362 e. The van der Waals surface area contributed by atoms with Crippen molar-refractivity contribution in [1.82, 2.24) is 24.6 Å². The quantitative estimate of drug-likeness (QED) is 0.706. The standard InChI is InChI=1S/C17H17FN6OS/c1-22(2)14-10-26-16(19-14)15-21-20-13-9-23(7-8-24(13)15)17(25)11-3-5-12(18)6-4-11/h3-6,10H,7-9H2,1-2H3. The minimum Gasteiger partial charge on any atom is -0.362 e. The van der Waals surface area contributed by atoms with Crippen molar-refractivity contribution in [2.24, 2.45) is 0 Å². The molecule has 134 valence electrons. The van der Waals surface area contributed by atoms with E-state index in [1.807, 2.05) is 28.9 Å². The van der Waals surface area contributed by atoms with Crippen LogP contribution in [0.2, 0.25) is 0 Å². The maximum atomic E-state index is 13.1. The van der Waals surface area contributed by atoms with Crippen molar-refractivity contribution >= 4 is 23.1 Å². The van der Waals surface area contributed by atoms with Gasteiger partial charge in [-0.15, -0.1) is 21.5 Å². The molecule has 0 bridgehead atoms. The number of halogens is 1. The molecule has 0 N–H and O–H groups in total. The van der Waals surface area contributed by atoms with Crippen LogP contribution in [0.15, 0.2) is 29.6 Å². The molecular formula is C17H17FN6OS. The third-order valence-corrected chi connectivity index (χ3v) is 5.10. The Kier molecular flexibility index (Phi) is 4.15. The van der Waals surface area contributed by atoms with Gasteiger partial charge in [-0.2, -0.15) is 0 Å². The highest BCUT2D eigenvalue weighted by Crippen LogP contribution is 2.28. The second-order valence-corrected chi connectivity index (χ2v) is 7.09. The van der Waals surface area contributed by atoms with Crippen LogP contribution < -0.4 is 4.90 Å². The smallest absolute Gasteiger partial charge is 0.254 e. The van der Waals surface area contributed by atoms with Gasteiger partial charge in [-0.1, -0.05) is 0 Å². The van der Waals surface area contributed by atoms with Crippen molar-refractivity contribution < 1.29 is 9.18 Å². The van der Waals surface area contributed by atoms with Gasteiger partial charge in [-0.3, -0.25) is 4.79 Å². The number of fused-ring (bicyclic) bond motifs is 1. The minimum absolute atomic E-state index is 0.134. The zero-order chi connectivity index (χ0) is 18.3. The normalized spacial score (nSPS) is 13.6. The molecule has 3 heterocycles. The number of carbonyl (C=O) groups is 1. The summed E-state index contributed by atoms with van der Waals surface area (Å²) >= 11 is 1.52. The second-order valence-electron chi connectivity index (χ2n) is 6.23. The minimum atomic E-state index is -0.356. The van der Waals surface area contributed by atoms with Gasteiger partial charge in [0.25, 0.3) is 5.91 Å². The van der Waals surface area contributed by atoms with Crippen LogP contribution in [-0.4, -0.2) is 51.2 Å². The molecule has 4 rings (SSSR count). The Morgan fingerprint density at radius 2 is 1.96 bits per heavy atom. The average molecular weight is 372 g/mol. The molecule has 2 aromatic heterocycles. The third kappa shape index (κ3) is 2.94. The summed E-state index contributed by atoms with van der Waals surface area (Å²) in [4.78, 5) is 20.8. The zero-order valence-electron chi connectivity index (χ0n) is 14.4. The van der Waals surface area contributed by atoms with Gasteiger partial charge in [0.2, 0.25) is 0 Å². The SMILES string of the molecule is CN(C)c1csc(-c2nnc3n2CCN(C(=O)c2ccc(F)cc2)C3)n1. The van der Waals surface area contributed by atoms with E-state index in [4.69, 9.17) is 0 Å². The number of anilines is 1. The van der Waals surface area contributed by atoms with E-state index in [9.17, 15) is 9.18 Å². The van der Waals surface area contributed by atoms with Gasteiger partial charge < -0.3 is 14.4 Å². The molecule has 9 heteroatoms. The van der Waals surface area contributed by atoms with Crippen LogP contribution in [0.4, 0.5) is 10.2 Å². The molecular weight excluding hydrogens is 355 g/mol. The van der Waals surface area contributed by atoms with Crippen LogP contribution in [0.1, 0.15) is 16.2 Å². The molecule has 1 amide bonds. The van der Waals surface area contributed by atoms with Crippen molar-refractivity contribution in [3.8, 4) is 10.8 Å². The van der Waals surface area contributed by atoms with E-state index in [0.717, 1.165) is 22.5 Å². The van der Waals surface area contributed by atoms with E-state index < -0.39 is 0 Å². The van der Waals surface area contributed by atoms with Crippen LogP contribution in [0.3, 0.4) is 0 Å². The number of carbonyl (C=O) groups excluding carboxylic acids is 1. The van der Waals surface area contributed by atoms with E-state index in [0.29, 0.717) is 25.2 Å². The average Bonchev–Trinajstić information content (AvgIpc) is 3.28. The van der Waals surface area contributed by atoms with Gasteiger partial charge >= 0.3 is 0 Å². The lowest BCUT2D eigenvalue weighted by molar-refractivity contribution is 0.0708. The van der Waals surface area contributed by atoms with Crippen molar-refractivity contribution in [3.63, 3.8) is 0 Å². The van der Waals surface area contributed by atoms with Crippen LogP contribution in [0.25, 0.3) is 10.8 Å². The molecule has 0 aliphatic carbocycles. The summed E-state index contributed by atoms with van der Waals surface area (Å²) in [5.74, 6) is 1.84. The van der Waals surface area contributed by atoms with Crippen LogP contribution >= 0.6 is 11.3 Å². The number of hydrogen-bond donors (Lipinski definition) is 0. The lowest BCUT2D eigenvalue weighted by Crippen LogP contribution is -2.38. The van der Waals surface area contributed by atoms with E-state index in [1.165, 1.54) is 35.6 Å². The molecule has 26 heavy (non-hydrogen) atoms. The van der Waals surface area contributed by atoms with Gasteiger partial charge in [-0.05, 0) is 24.3 Å². The first kappa shape index (κ1) is 16.6. The molecule has 1 aliphatic rings. The first-order chi connectivity index (χ1) is 12.5. The number of nitrogens with zero attached hydrogens (tertiary/aromatic N) is 6. The van der Waals surface area contributed by atoms with Crippen molar-refractivity contribution in [2.45, 2.75) is 13.1 Å². The van der Waals surface area contributed by atoms with Gasteiger partial charge in [0.15, 0.2) is 16.7 Å². The van der Waals surface area contributed by atoms with Crippen LogP contribution in [0.5, 0.6) is 0 Å². The van der Waals surface area contributed by atoms with E-state index >= 15 is 0 Å². The van der Waals surface area contributed by atoms with Gasteiger partial charge in [0.05, 0.1) is 6.54 Å². The molecule has 0 fully saturated rings. The maximum absolute atomic E-state index is 13.1. The summed E-state index contributed by atoms with van der Waals surface area (Å²) in [6.07, 6.45) is 0. The molecule has 1 aromatic carbocycles. The number of hydrogen-bond acceptors (Lipinski definition) is 6. The molecule has 1 aliphatic heterocycles.